The third-order valence-electron chi connectivity index (χ3n) is 3.89. The van der Waals surface area contributed by atoms with E-state index < -0.39 is 0 Å². The number of nitrogens with zero attached hydrogens (tertiary/aromatic N) is 2. The second kappa shape index (κ2) is 12.7. The van der Waals surface area contributed by atoms with E-state index in [2.05, 4.69) is 53.8 Å². The van der Waals surface area contributed by atoms with Crippen LogP contribution in [0.3, 0.4) is 0 Å². The Morgan fingerprint density at radius 2 is 1.67 bits per heavy atom. The minimum absolute atomic E-state index is 0. The van der Waals surface area contributed by atoms with Gasteiger partial charge in [0.25, 0.3) is 0 Å². The zero-order chi connectivity index (χ0) is 18.0. The molecule has 0 aliphatic rings. The van der Waals surface area contributed by atoms with Crippen molar-refractivity contribution in [1.82, 2.24) is 20.9 Å². The Kier molecular flexibility index (Phi) is 13.6. The summed E-state index contributed by atoms with van der Waals surface area (Å²) in [6.45, 7) is 11.4. The van der Waals surface area contributed by atoms with E-state index in [9.17, 15) is 4.79 Å². The number of aliphatic imine (C=N–C) groups is 1. The van der Waals surface area contributed by atoms with Gasteiger partial charge in [0.05, 0.1) is 6.54 Å². The van der Waals surface area contributed by atoms with E-state index in [-0.39, 0.29) is 42.0 Å². The molecule has 0 bridgehead atoms. The van der Waals surface area contributed by atoms with E-state index in [1.165, 1.54) is 0 Å². The molecule has 144 valence electrons. The van der Waals surface area contributed by atoms with Crippen LogP contribution in [0.15, 0.2) is 4.99 Å². The molecular weight excluding hydrogens is 417 g/mol. The van der Waals surface area contributed by atoms with E-state index in [0.717, 1.165) is 19.4 Å². The van der Waals surface area contributed by atoms with Crippen LogP contribution in [0.4, 0.5) is 0 Å². The standard InChI is InChI=1S/C17H37N5O.HI/c1-9-13(10-2)14(22(7)8)11-19-16(18-6)20-12-15(23)21-17(3,4)5;/h13-14H,9-12H2,1-8H3,(H,21,23)(H2,18,19,20);1H. The smallest absolute Gasteiger partial charge is 0.239 e. The summed E-state index contributed by atoms with van der Waals surface area (Å²) in [5.74, 6) is 1.26. The summed E-state index contributed by atoms with van der Waals surface area (Å²) in [5.41, 5.74) is -0.221. The first-order valence-corrected chi connectivity index (χ1v) is 8.56. The number of carbonyl (C=O) groups is 1. The van der Waals surface area contributed by atoms with Gasteiger partial charge in [-0.15, -0.1) is 24.0 Å². The molecule has 0 spiro atoms. The van der Waals surface area contributed by atoms with E-state index in [4.69, 9.17) is 0 Å². The van der Waals surface area contributed by atoms with Gasteiger partial charge in [-0.1, -0.05) is 26.7 Å². The Hall–Kier alpha value is -0.570. The molecule has 0 aromatic heterocycles. The summed E-state index contributed by atoms with van der Waals surface area (Å²) in [5, 5.41) is 9.33. The molecule has 0 aromatic rings. The van der Waals surface area contributed by atoms with Gasteiger partial charge < -0.3 is 20.9 Å². The number of rotatable bonds is 8. The van der Waals surface area contributed by atoms with Crippen molar-refractivity contribution in [3.63, 3.8) is 0 Å². The van der Waals surface area contributed by atoms with Crippen LogP contribution in [0.2, 0.25) is 0 Å². The fourth-order valence-corrected chi connectivity index (χ4v) is 2.65. The third kappa shape index (κ3) is 11.1. The number of guanidine groups is 1. The molecule has 1 amide bonds. The highest BCUT2D eigenvalue weighted by Gasteiger charge is 2.21. The molecule has 3 N–H and O–H groups in total. The number of hydrogen-bond acceptors (Lipinski definition) is 3. The van der Waals surface area contributed by atoms with Crippen LogP contribution in [0.1, 0.15) is 47.5 Å². The van der Waals surface area contributed by atoms with Gasteiger partial charge in [-0.3, -0.25) is 9.79 Å². The lowest BCUT2D eigenvalue weighted by Gasteiger charge is -2.32. The second-order valence-electron chi connectivity index (χ2n) is 7.21. The molecule has 0 aromatic carbocycles. The van der Waals surface area contributed by atoms with Crippen molar-refractivity contribution in [2.45, 2.75) is 59.0 Å². The van der Waals surface area contributed by atoms with Crippen LogP contribution in [-0.4, -0.2) is 62.6 Å². The van der Waals surface area contributed by atoms with Gasteiger partial charge in [0.1, 0.15) is 0 Å². The molecule has 6 nitrogen and oxygen atoms in total. The fraction of sp³-hybridized carbons (Fsp3) is 0.882. The SMILES string of the molecule is CCC(CC)C(CNC(=NC)NCC(=O)NC(C)(C)C)N(C)C.I. The summed E-state index contributed by atoms with van der Waals surface area (Å²) >= 11 is 0. The predicted molar refractivity (Wildman–Crippen MR) is 114 cm³/mol. The third-order valence-corrected chi connectivity index (χ3v) is 3.89. The number of halogens is 1. The van der Waals surface area contributed by atoms with Crippen molar-refractivity contribution in [2.75, 3.05) is 34.2 Å². The van der Waals surface area contributed by atoms with Crippen LogP contribution in [-0.2, 0) is 4.79 Å². The molecule has 1 atom stereocenters. The van der Waals surface area contributed by atoms with Gasteiger partial charge in [-0.05, 0) is 40.8 Å². The zero-order valence-electron chi connectivity index (χ0n) is 16.7. The Balaban J connectivity index is 0. The molecule has 1 unspecified atom stereocenters. The van der Waals surface area contributed by atoms with Crippen molar-refractivity contribution in [3.05, 3.63) is 0 Å². The topological polar surface area (TPSA) is 68.8 Å². The van der Waals surface area contributed by atoms with E-state index in [0.29, 0.717) is 17.9 Å². The number of carbonyl (C=O) groups excluding carboxylic acids is 1. The summed E-state index contributed by atoms with van der Waals surface area (Å²) in [6, 6.07) is 0.437. The maximum Gasteiger partial charge on any atom is 0.239 e. The molecule has 0 aliphatic heterocycles. The molecule has 0 saturated heterocycles. The number of amides is 1. The van der Waals surface area contributed by atoms with Crippen LogP contribution in [0, 0.1) is 5.92 Å². The van der Waals surface area contributed by atoms with Crippen LogP contribution in [0.5, 0.6) is 0 Å². The summed E-state index contributed by atoms with van der Waals surface area (Å²) in [6.07, 6.45) is 2.31. The van der Waals surface area contributed by atoms with Crippen LogP contribution < -0.4 is 16.0 Å². The largest absolute Gasteiger partial charge is 0.355 e. The first kappa shape index (κ1) is 25.7. The fourth-order valence-electron chi connectivity index (χ4n) is 2.65. The van der Waals surface area contributed by atoms with Crippen molar-refractivity contribution >= 4 is 35.8 Å². The van der Waals surface area contributed by atoms with E-state index in [1.54, 1.807) is 7.05 Å². The molecular formula is C17H38IN5O. The molecule has 0 radical (unpaired) electrons. The maximum atomic E-state index is 11.9. The van der Waals surface area contributed by atoms with Crippen LogP contribution >= 0.6 is 24.0 Å². The zero-order valence-corrected chi connectivity index (χ0v) is 19.0. The van der Waals surface area contributed by atoms with Gasteiger partial charge >= 0.3 is 0 Å². The molecule has 0 rings (SSSR count). The van der Waals surface area contributed by atoms with E-state index in [1.807, 2.05) is 20.8 Å². The normalized spacial score (nSPS) is 13.5. The number of nitrogens with one attached hydrogen (secondary N) is 3. The minimum atomic E-state index is -0.221. The first-order valence-electron chi connectivity index (χ1n) is 8.56. The van der Waals surface area contributed by atoms with E-state index >= 15 is 0 Å². The highest BCUT2D eigenvalue weighted by Crippen LogP contribution is 2.16. The maximum absolute atomic E-state index is 11.9. The quantitative estimate of drug-likeness (QED) is 0.298. The first-order chi connectivity index (χ1) is 10.6. The highest BCUT2D eigenvalue weighted by atomic mass is 127. The van der Waals surface area contributed by atoms with Crippen molar-refractivity contribution in [3.8, 4) is 0 Å². The molecule has 0 heterocycles. The minimum Gasteiger partial charge on any atom is -0.355 e. The summed E-state index contributed by atoms with van der Waals surface area (Å²) in [7, 11) is 5.94. The molecule has 0 fully saturated rings. The summed E-state index contributed by atoms with van der Waals surface area (Å²) < 4.78 is 0. The van der Waals surface area contributed by atoms with Gasteiger partial charge in [0.15, 0.2) is 5.96 Å². The lowest BCUT2D eigenvalue weighted by Crippen LogP contribution is -2.51. The average molecular weight is 455 g/mol. The van der Waals surface area contributed by atoms with Crippen molar-refractivity contribution in [1.29, 1.82) is 0 Å². The molecule has 0 saturated carbocycles. The van der Waals surface area contributed by atoms with Crippen molar-refractivity contribution < 1.29 is 4.79 Å². The summed E-state index contributed by atoms with van der Waals surface area (Å²) in [4.78, 5) is 18.3. The van der Waals surface area contributed by atoms with Crippen molar-refractivity contribution in [2.24, 2.45) is 10.9 Å². The Bertz CT molecular complexity index is 376. The monoisotopic (exact) mass is 455 g/mol. The molecule has 24 heavy (non-hydrogen) atoms. The van der Waals surface area contributed by atoms with Gasteiger partial charge in [0, 0.05) is 25.2 Å². The van der Waals surface area contributed by atoms with Gasteiger partial charge in [0.2, 0.25) is 5.91 Å². The Labute approximate surface area is 165 Å². The lowest BCUT2D eigenvalue weighted by atomic mass is 9.93. The Morgan fingerprint density at radius 1 is 1.12 bits per heavy atom. The van der Waals surface area contributed by atoms with Crippen LogP contribution in [0.25, 0.3) is 0 Å². The second-order valence-corrected chi connectivity index (χ2v) is 7.21. The Morgan fingerprint density at radius 3 is 2.04 bits per heavy atom. The number of likely N-dealkylation sites (N-methyl/N-ethyl adjacent to an activating group) is 1. The molecule has 7 heteroatoms. The highest BCUT2D eigenvalue weighted by molar-refractivity contribution is 14.0. The lowest BCUT2D eigenvalue weighted by molar-refractivity contribution is -0.121. The van der Waals surface area contributed by atoms with Gasteiger partial charge in [-0.2, -0.15) is 0 Å². The molecule has 0 aliphatic carbocycles. The average Bonchev–Trinajstić information content (AvgIpc) is 2.44. The van der Waals surface area contributed by atoms with Gasteiger partial charge in [-0.25, -0.2) is 0 Å². The predicted octanol–water partition coefficient (Wildman–Crippen LogP) is 2.05. The number of hydrogen-bond donors (Lipinski definition) is 3.